The Bertz CT molecular complexity index is 463. The number of carboxylic acid groups (broad SMARTS) is 1. The van der Waals surface area contributed by atoms with Crippen molar-refractivity contribution in [2.75, 3.05) is 11.6 Å². The van der Waals surface area contributed by atoms with Gasteiger partial charge in [-0.3, -0.25) is 0 Å². The molecule has 0 saturated heterocycles. The van der Waals surface area contributed by atoms with Crippen LogP contribution in [-0.4, -0.2) is 29.4 Å². The summed E-state index contributed by atoms with van der Waals surface area (Å²) >= 11 is 1.57. The summed E-state index contributed by atoms with van der Waals surface area (Å²) in [7, 11) is 0. The lowest BCUT2D eigenvalue weighted by Gasteiger charge is -2.18. The van der Waals surface area contributed by atoms with Crippen molar-refractivity contribution in [3.05, 3.63) is 24.3 Å². The number of amides is 2. The van der Waals surface area contributed by atoms with Crippen LogP contribution in [0.25, 0.3) is 0 Å². The maximum Gasteiger partial charge on any atom is 0.326 e. The van der Waals surface area contributed by atoms with Crippen LogP contribution in [-0.2, 0) is 4.79 Å². The minimum atomic E-state index is -1.04. The molecule has 5 nitrogen and oxygen atoms in total. The summed E-state index contributed by atoms with van der Waals surface area (Å²) in [5.41, 5.74) is 0.636. The highest BCUT2D eigenvalue weighted by molar-refractivity contribution is 7.98. The Kier molecular flexibility index (Phi) is 5.69. The predicted molar refractivity (Wildman–Crippen MR) is 76.6 cm³/mol. The molecule has 0 aromatic heterocycles. The van der Waals surface area contributed by atoms with Gasteiger partial charge in [0.1, 0.15) is 6.04 Å². The molecule has 1 rings (SSSR count). The summed E-state index contributed by atoms with van der Waals surface area (Å²) in [5, 5.41) is 14.1. The molecule has 0 unspecified atom stereocenters. The molecular weight excluding hydrogens is 264 g/mol. The number of rotatable bonds is 5. The van der Waals surface area contributed by atoms with Crippen LogP contribution in [0.1, 0.15) is 13.8 Å². The molecule has 2 amide bonds. The molecule has 0 aliphatic heterocycles. The second-order valence-electron chi connectivity index (χ2n) is 4.39. The monoisotopic (exact) mass is 282 g/mol. The number of nitrogens with one attached hydrogen (secondary N) is 2. The van der Waals surface area contributed by atoms with Crippen molar-refractivity contribution in [2.24, 2.45) is 5.92 Å². The quantitative estimate of drug-likeness (QED) is 0.725. The second-order valence-corrected chi connectivity index (χ2v) is 5.27. The van der Waals surface area contributed by atoms with Crippen LogP contribution < -0.4 is 10.6 Å². The van der Waals surface area contributed by atoms with Crippen LogP contribution in [0.4, 0.5) is 10.5 Å². The van der Waals surface area contributed by atoms with Crippen molar-refractivity contribution >= 4 is 29.4 Å². The highest BCUT2D eigenvalue weighted by Crippen LogP contribution is 2.18. The minimum absolute atomic E-state index is 0.180. The molecule has 1 aromatic rings. The van der Waals surface area contributed by atoms with Gasteiger partial charge in [0.05, 0.1) is 0 Å². The van der Waals surface area contributed by atoms with E-state index in [0.29, 0.717) is 5.69 Å². The third-order valence-electron chi connectivity index (χ3n) is 2.55. The Morgan fingerprint density at radius 1 is 1.32 bits per heavy atom. The molecule has 0 radical (unpaired) electrons. The number of aliphatic carboxylic acids is 1. The van der Waals surface area contributed by atoms with Gasteiger partial charge >= 0.3 is 12.0 Å². The normalized spacial score (nSPS) is 12.0. The Morgan fingerprint density at radius 2 is 2.00 bits per heavy atom. The maximum absolute atomic E-state index is 11.7. The van der Waals surface area contributed by atoms with Crippen LogP contribution in [0, 0.1) is 5.92 Å². The number of urea groups is 1. The van der Waals surface area contributed by atoms with Crippen molar-refractivity contribution in [2.45, 2.75) is 24.8 Å². The number of thioether (sulfide) groups is 1. The molecule has 0 bridgehead atoms. The van der Waals surface area contributed by atoms with Gasteiger partial charge in [-0.15, -0.1) is 11.8 Å². The summed E-state index contributed by atoms with van der Waals surface area (Å²) in [6, 6.07) is 5.93. The topological polar surface area (TPSA) is 78.4 Å². The number of carbonyl (C=O) groups is 2. The van der Waals surface area contributed by atoms with Crippen LogP contribution in [0.2, 0.25) is 0 Å². The van der Waals surface area contributed by atoms with Crippen LogP contribution in [0.3, 0.4) is 0 Å². The molecule has 1 atom stereocenters. The van der Waals surface area contributed by atoms with E-state index in [1.165, 1.54) is 0 Å². The van der Waals surface area contributed by atoms with E-state index in [4.69, 9.17) is 5.11 Å². The van der Waals surface area contributed by atoms with Gasteiger partial charge in [-0.05, 0) is 30.4 Å². The van der Waals surface area contributed by atoms with E-state index >= 15 is 0 Å². The van der Waals surface area contributed by atoms with Crippen molar-refractivity contribution in [3.8, 4) is 0 Å². The molecule has 0 heterocycles. The third-order valence-corrected chi connectivity index (χ3v) is 3.27. The van der Waals surface area contributed by atoms with E-state index in [2.05, 4.69) is 10.6 Å². The van der Waals surface area contributed by atoms with Gasteiger partial charge in [0.15, 0.2) is 0 Å². The highest BCUT2D eigenvalue weighted by Gasteiger charge is 2.23. The molecule has 0 aliphatic carbocycles. The summed E-state index contributed by atoms with van der Waals surface area (Å²) in [6.07, 6.45) is 1.94. The number of benzene rings is 1. The Balaban J connectivity index is 2.66. The highest BCUT2D eigenvalue weighted by atomic mass is 32.2. The van der Waals surface area contributed by atoms with E-state index in [0.717, 1.165) is 4.90 Å². The molecule has 0 fully saturated rings. The fourth-order valence-corrected chi connectivity index (χ4v) is 1.98. The van der Waals surface area contributed by atoms with Gasteiger partial charge in [-0.25, -0.2) is 9.59 Å². The van der Waals surface area contributed by atoms with Crippen LogP contribution >= 0.6 is 11.8 Å². The Morgan fingerprint density at radius 3 is 2.53 bits per heavy atom. The van der Waals surface area contributed by atoms with Gasteiger partial charge in [-0.2, -0.15) is 0 Å². The molecule has 0 saturated carbocycles. The lowest BCUT2D eigenvalue weighted by atomic mass is 10.1. The molecule has 6 heteroatoms. The zero-order valence-corrected chi connectivity index (χ0v) is 12.0. The number of anilines is 1. The van der Waals surface area contributed by atoms with Gasteiger partial charge < -0.3 is 15.7 Å². The van der Waals surface area contributed by atoms with E-state index in [9.17, 15) is 9.59 Å². The zero-order chi connectivity index (χ0) is 14.4. The Hall–Kier alpha value is -1.69. The Labute approximate surface area is 116 Å². The average molecular weight is 282 g/mol. The fourth-order valence-electron chi connectivity index (χ4n) is 1.52. The van der Waals surface area contributed by atoms with Crippen LogP contribution in [0.5, 0.6) is 0 Å². The number of carboxylic acids is 1. The maximum atomic E-state index is 11.7. The first-order chi connectivity index (χ1) is 8.93. The molecular formula is C13H18N2O3S. The van der Waals surface area contributed by atoms with Crippen molar-refractivity contribution in [1.29, 1.82) is 0 Å². The minimum Gasteiger partial charge on any atom is -0.480 e. The first kappa shape index (κ1) is 15.4. The summed E-state index contributed by atoms with van der Waals surface area (Å²) < 4.78 is 0. The van der Waals surface area contributed by atoms with E-state index < -0.39 is 18.0 Å². The van der Waals surface area contributed by atoms with Crippen molar-refractivity contribution in [3.63, 3.8) is 0 Å². The molecule has 19 heavy (non-hydrogen) atoms. The second kappa shape index (κ2) is 7.04. The molecule has 1 aromatic carbocycles. The predicted octanol–water partition coefficient (Wildman–Crippen LogP) is 2.64. The number of hydrogen-bond donors (Lipinski definition) is 3. The largest absolute Gasteiger partial charge is 0.480 e. The number of hydrogen-bond acceptors (Lipinski definition) is 3. The first-order valence-corrected chi connectivity index (χ1v) is 7.11. The summed E-state index contributed by atoms with van der Waals surface area (Å²) in [5.74, 6) is -1.22. The van der Waals surface area contributed by atoms with E-state index in [1.54, 1.807) is 31.7 Å². The summed E-state index contributed by atoms with van der Waals surface area (Å²) in [4.78, 5) is 23.7. The average Bonchev–Trinajstić information content (AvgIpc) is 2.35. The molecule has 0 spiro atoms. The van der Waals surface area contributed by atoms with E-state index in [-0.39, 0.29) is 5.92 Å². The standard InChI is InChI=1S/C13H18N2O3S/c1-8(2)11(12(16)17)15-13(18)14-9-5-4-6-10(7-9)19-3/h4-8,11H,1-3H3,(H,16,17)(H2,14,15,18)/t11-/m1/s1. The van der Waals surface area contributed by atoms with Crippen molar-refractivity contribution < 1.29 is 14.7 Å². The lowest BCUT2D eigenvalue weighted by Crippen LogP contribution is -2.46. The smallest absolute Gasteiger partial charge is 0.326 e. The molecule has 3 N–H and O–H groups in total. The third kappa shape index (κ3) is 4.82. The van der Waals surface area contributed by atoms with Crippen molar-refractivity contribution in [1.82, 2.24) is 5.32 Å². The summed E-state index contributed by atoms with van der Waals surface area (Å²) in [6.45, 7) is 3.49. The molecule has 104 valence electrons. The zero-order valence-electron chi connectivity index (χ0n) is 11.1. The van der Waals surface area contributed by atoms with Gasteiger partial charge in [0.2, 0.25) is 0 Å². The van der Waals surface area contributed by atoms with Crippen LogP contribution in [0.15, 0.2) is 29.2 Å². The van der Waals surface area contributed by atoms with Gasteiger partial charge in [0.25, 0.3) is 0 Å². The fraction of sp³-hybridized carbons (Fsp3) is 0.385. The SMILES string of the molecule is CSc1cccc(NC(=O)N[C@@H](C(=O)O)C(C)C)c1. The van der Waals surface area contributed by atoms with Gasteiger partial charge in [-0.1, -0.05) is 19.9 Å². The number of carbonyl (C=O) groups excluding carboxylic acids is 1. The van der Waals surface area contributed by atoms with E-state index in [1.807, 2.05) is 24.5 Å². The van der Waals surface area contributed by atoms with Gasteiger partial charge in [0, 0.05) is 10.6 Å². The molecule has 0 aliphatic rings. The first-order valence-electron chi connectivity index (χ1n) is 5.88. The lowest BCUT2D eigenvalue weighted by molar-refractivity contribution is -0.140.